The summed E-state index contributed by atoms with van der Waals surface area (Å²) >= 11 is 0. The maximum atomic E-state index is 5.84. The van der Waals surface area contributed by atoms with E-state index in [1.54, 1.807) is 14.2 Å². The Morgan fingerprint density at radius 1 is 1.33 bits per heavy atom. The van der Waals surface area contributed by atoms with Gasteiger partial charge in [0.1, 0.15) is 0 Å². The average Bonchev–Trinajstić information content (AvgIpc) is 2.09. The summed E-state index contributed by atoms with van der Waals surface area (Å²) in [6, 6.07) is -0.0543. The number of hydrogen-bond donors (Lipinski definition) is 1. The minimum Gasteiger partial charge on any atom is -0.380 e. The average molecular weight is 175 g/mol. The molecule has 1 fully saturated rings. The zero-order valence-corrected chi connectivity index (χ0v) is 7.82. The van der Waals surface area contributed by atoms with Crippen LogP contribution < -0.4 is 5.73 Å². The largest absolute Gasteiger partial charge is 0.380 e. The van der Waals surface area contributed by atoms with Gasteiger partial charge in [-0.25, -0.2) is 0 Å². The van der Waals surface area contributed by atoms with Crippen molar-refractivity contribution in [2.45, 2.75) is 37.9 Å². The van der Waals surface area contributed by atoms with Gasteiger partial charge in [-0.15, -0.1) is 0 Å². The number of ether oxygens (including phenoxy) is 3. The lowest BCUT2D eigenvalue weighted by Gasteiger charge is -2.37. The van der Waals surface area contributed by atoms with Gasteiger partial charge in [0.05, 0.1) is 18.2 Å². The van der Waals surface area contributed by atoms with E-state index >= 15 is 0 Å². The van der Waals surface area contributed by atoms with E-state index in [9.17, 15) is 0 Å². The Morgan fingerprint density at radius 3 is 2.50 bits per heavy atom. The smallest absolute Gasteiger partial charge is 0.160 e. The van der Waals surface area contributed by atoms with E-state index in [2.05, 4.69) is 0 Å². The lowest BCUT2D eigenvalue weighted by atomic mass is 10.0. The molecule has 0 radical (unpaired) electrons. The van der Waals surface area contributed by atoms with E-state index in [4.69, 9.17) is 19.9 Å². The number of rotatable bonds is 2. The van der Waals surface area contributed by atoms with Gasteiger partial charge in [-0.05, 0) is 6.92 Å². The predicted octanol–water partition coefficient (Wildman–Crippen LogP) is 0.110. The predicted molar refractivity (Wildman–Crippen MR) is 44.7 cm³/mol. The van der Waals surface area contributed by atoms with Crippen LogP contribution in [0.2, 0.25) is 0 Å². The summed E-state index contributed by atoms with van der Waals surface area (Å²) in [6.45, 7) is 1.93. The second kappa shape index (κ2) is 4.18. The molecule has 72 valence electrons. The zero-order valence-electron chi connectivity index (χ0n) is 7.82. The van der Waals surface area contributed by atoms with E-state index < -0.39 is 0 Å². The molecule has 12 heavy (non-hydrogen) atoms. The summed E-state index contributed by atoms with van der Waals surface area (Å²) < 4.78 is 15.8. The lowest BCUT2D eigenvalue weighted by molar-refractivity contribution is -0.209. The first-order chi connectivity index (χ1) is 5.69. The van der Waals surface area contributed by atoms with Gasteiger partial charge in [-0.1, -0.05) is 0 Å². The van der Waals surface area contributed by atoms with Crippen LogP contribution in [0.5, 0.6) is 0 Å². The molecular weight excluding hydrogens is 158 g/mol. The van der Waals surface area contributed by atoms with Crippen molar-refractivity contribution in [3.63, 3.8) is 0 Å². The van der Waals surface area contributed by atoms with Crippen molar-refractivity contribution in [3.8, 4) is 0 Å². The highest BCUT2D eigenvalue weighted by molar-refractivity contribution is 4.84. The van der Waals surface area contributed by atoms with Gasteiger partial charge in [-0.2, -0.15) is 0 Å². The Balaban J connectivity index is 2.52. The third-order valence-electron chi connectivity index (χ3n) is 2.33. The Kier molecular flexibility index (Phi) is 3.46. The van der Waals surface area contributed by atoms with E-state index in [0.29, 0.717) is 6.42 Å². The molecule has 0 bridgehead atoms. The highest BCUT2D eigenvalue weighted by Gasteiger charge is 2.33. The van der Waals surface area contributed by atoms with E-state index in [-0.39, 0.29) is 24.5 Å². The summed E-state index contributed by atoms with van der Waals surface area (Å²) in [5.74, 6) is 0. The van der Waals surface area contributed by atoms with Gasteiger partial charge in [0.15, 0.2) is 6.29 Å². The van der Waals surface area contributed by atoms with Crippen LogP contribution in [-0.2, 0) is 14.2 Å². The molecular formula is C8H17NO3. The summed E-state index contributed by atoms with van der Waals surface area (Å²) in [6.07, 6.45) is 0.565. The first kappa shape index (κ1) is 9.92. The van der Waals surface area contributed by atoms with E-state index in [1.807, 2.05) is 6.92 Å². The summed E-state index contributed by atoms with van der Waals surface area (Å²) in [5, 5.41) is 0. The highest BCUT2D eigenvalue weighted by Crippen LogP contribution is 2.20. The first-order valence-corrected chi connectivity index (χ1v) is 4.15. The Hall–Kier alpha value is -0.160. The van der Waals surface area contributed by atoms with E-state index in [1.165, 1.54) is 0 Å². The number of nitrogens with two attached hydrogens (primary N) is 1. The van der Waals surface area contributed by atoms with Gasteiger partial charge in [-0.3, -0.25) is 0 Å². The molecule has 1 aliphatic heterocycles. The fourth-order valence-electron chi connectivity index (χ4n) is 1.44. The fourth-order valence-corrected chi connectivity index (χ4v) is 1.44. The van der Waals surface area contributed by atoms with E-state index in [0.717, 1.165) is 0 Å². The van der Waals surface area contributed by atoms with Crippen molar-refractivity contribution >= 4 is 0 Å². The maximum absolute atomic E-state index is 5.84. The van der Waals surface area contributed by atoms with Crippen LogP contribution in [0.1, 0.15) is 13.3 Å². The topological polar surface area (TPSA) is 53.7 Å². The molecule has 2 N–H and O–H groups in total. The Bertz CT molecular complexity index is 142. The quantitative estimate of drug-likeness (QED) is 0.647. The molecule has 0 spiro atoms. The standard InChI is InChI=1S/C8H17NO3/c1-5-8(9)6(10-2)4-7(11-3)12-5/h5-8H,4,9H2,1-3H3/t5-,6-,7-,8?/m0/s1. The Labute approximate surface area is 73.0 Å². The molecule has 4 heteroatoms. The summed E-state index contributed by atoms with van der Waals surface area (Å²) in [5.41, 5.74) is 5.84. The van der Waals surface area contributed by atoms with Gasteiger partial charge in [0.2, 0.25) is 0 Å². The molecule has 1 rings (SSSR count). The van der Waals surface area contributed by atoms with Crippen LogP contribution in [0.15, 0.2) is 0 Å². The third-order valence-corrected chi connectivity index (χ3v) is 2.33. The molecule has 0 aliphatic carbocycles. The van der Waals surface area contributed by atoms with Crippen LogP contribution in [0.25, 0.3) is 0 Å². The van der Waals surface area contributed by atoms with Gasteiger partial charge in [0.25, 0.3) is 0 Å². The van der Waals surface area contributed by atoms with Crippen molar-refractivity contribution < 1.29 is 14.2 Å². The van der Waals surface area contributed by atoms with Crippen LogP contribution in [-0.4, -0.2) is 38.8 Å². The fraction of sp³-hybridized carbons (Fsp3) is 1.00. The molecule has 1 aliphatic rings. The Morgan fingerprint density at radius 2 is 2.00 bits per heavy atom. The molecule has 0 aromatic carbocycles. The first-order valence-electron chi connectivity index (χ1n) is 4.15. The van der Waals surface area contributed by atoms with Crippen molar-refractivity contribution in [1.82, 2.24) is 0 Å². The summed E-state index contributed by atoms with van der Waals surface area (Å²) in [4.78, 5) is 0. The number of hydrogen-bond acceptors (Lipinski definition) is 4. The minimum absolute atomic E-state index is 0.00588. The molecule has 1 unspecified atom stereocenters. The van der Waals surface area contributed by atoms with Gasteiger partial charge >= 0.3 is 0 Å². The SMILES string of the molecule is CO[C@@H]1C[C@H](OC)C(N)[C@H](C)O1. The lowest BCUT2D eigenvalue weighted by Crippen LogP contribution is -2.53. The number of methoxy groups -OCH3 is 2. The molecule has 0 aromatic heterocycles. The molecule has 0 amide bonds. The normalized spacial score (nSPS) is 43.0. The van der Waals surface area contributed by atoms with Gasteiger partial charge in [0, 0.05) is 20.6 Å². The monoisotopic (exact) mass is 175 g/mol. The van der Waals surface area contributed by atoms with Crippen LogP contribution in [0.3, 0.4) is 0 Å². The van der Waals surface area contributed by atoms with Crippen LogP contribution in [0.4, 0.5) is 0 Å². The minimum atomic E-state index is -0.176. The van der Waals surface area contributed by atoms with Crippen LogP contribution in [0, 0.1) is 0 Å². The molecule has 4 nitrogen and oxygen atoms in total. The molecule has 0 saturated carbocycles. The second-order valence-electron chi connectivity index (χ2n) is 3.09. The van der Waals surface area contributed by atoms with Crippen molar-refractivity contribution in [2.24, 2.45) is 5.73 Å². The molecule has 1 heterocycles. The summed E-state index contributed by atoms with van der Waals surface area (Å²) in [7, 11) is 3.29. The molecule has 1 saturated heterocycles. The van der Waals surface area contributed by atoms with Crippen molar-refractivity contribution in [2.75, 3.05) is 14.2 Å². The van der Waals surface area contributed by atoms with Gasteiger partial charge < -0.3 is 19.9 Å². The van der Waals surface area contributed by atoms with Crippen LogP contribution >= 0.6 is 0 Å². The molecule has 0 aromatic rings. The maximum Gasteiger partial charge on any atom is 0.160 e. The van der Waals surface area contributed by atoms with Crippen molar-refractivity contribution in [3.05, 3.63) is 0 Å². The van der Waals surface area contributed by atoms with Crippen molar-refractivity contribution in [1.29, 1.82) is 0 Å². The zero-order chi connectivity index (χ0) is 9.14. The second-order valence-corrected chi connectivity index (χ2v) is 3.09. The molecule has 4 atom stereocenters. The third kappa shape index (κ3) is 1.95. The highest BCUT2D eigenvalue weighted by atomic mass is 16.7.